The van der Waals surface area contributed by atoms with Crippen LogP contribution in [-0.2, 0) is 9.53 Å². The lowest BCUT2D eigenvalue weighted by atomic mass is 10.1. The second-order valence-corrected chi connectivity index (χ2v) is 9.06. The van der Waals surface area contributed by atoms with Gasteiger partial charge in [0.1, 0.15) is 0 Å². The van der Waals surface area contributed by atoms with E-state index < -0.39 is 0 Å². The number of nitrogens with zero attached hydrogens (tertiary/aromatic N) is 3. The molecule has 2 aliphatic carbocycles. The van der Waals surface area contributed by atoms with Crippen LogP contribution in [0, 0.1) is 5.92 Å². The molecule has 1 amide bonds. The Hall–Kier alpha value is -0.610. The third kappa shape index (κ3) is 9.42. The summed E-state index contributed by atoms with van der Waals surface area (Å²) in [6.45, 7) is 7.06. The van der Waals surface area contributed by atoms with E-state index in [1.165, 1.54) is 51.4 Å². The van der Waals surface area contributed by atoms with Gasteiger partial charge in [0.2, 0.25) is 5.91 Å². The van der Waals surface area contributed by atoms with Gasteiger partial charge in [0.25, 0.3) is 0 Å². The van der Waals surface area contributed by atoms with Crippen molar-refractivity contribution in [3.63, 3.8) is 0 Å². The minimum Gasteiger partial charge on any atom is -0.376 e. The average Bonchev–Trinajstić information content (AvgIpc) is 3.19. The first-order chi connectivity index (χ1) is 14.8. The molecule has 31 heavy (non-hydrogen) atoms. The fourth-order valence-electron chi connectivity index (χ4n) is 4.98. The Bertz CT molecular complexity index is 526. The highest BCUT2D eigenvalue weighted by Crippen LogP contribution is 2.26. The molecule has 1 saturated heterocycles. The number of ether oxygens (including phenoxy) is 1. The summed E-state index contributed by atoms with van der Waals surface area (Å²) in [7, 11) is 1.81. The SMILES string of the molecule is CN=C(NCCOC1CCCCCC1)NCCN1CCN(C(=O)C2CCCC2)CC1.I. The molecule has 0 atom stereocenters. The van der Waals surface area contributed by atoms with Crippen LogP contribution >= 0.6 is 24.0 Å². The molecule has 0 aromatic carbocycles. The number of carbonyl (C=O) groups is 1. The number of rotatable bonds is 8. The summed E-state index contributed by atoms with van der Waals surface area (Å²) in [4.78, 5) is 21.4. The molecule has 2 N–H and O–H groups in total. The molecule has 0 spiro atoms. The van der Waals surface area contributed by atoms with Crippen LogP contribution in [0.3, 0.4) is 0 Å². The van der Waals surface area contributed by atoms with Crippen LogP contribution in [0.5, 0.6) is 0 Å². The van der Waals surface area contributed by atoms with Gasteiger partial charge in [0.05, 0.1) is 12.7 Å². The van der Waals surface area contributed by atoms with Crippen molar-refractivity contribution >= 4 is 35.8 Å². The fraction of sp³-hybridized carbons (Fsp3) is 0.913. The van der Waals surface area contributed by atoms with Crippen LogP contribution in [0.25, 0.3) is 0 Å². The van der Waals surface area contributed by atoms with Gasteiger partial charge in [-0.15, -0.1) is 24.0 Å². The maximum Gasteiger partial charge on any atom is 0.225 e. The molecule has 3 aliphatic rings. The van der Waals surface area contributed by atoms with E-state index >= 15 is 0 Å². The topological polar surface area (TPSA) is 69.2 Å². The van der Waals surface area contributed by atoms with Crippen LogP contribution in [-0.4, -0.2) is 87.2 Å². The van der Waals surface area contributed by atoms with E-state index in [1.807, 2.05) is 7.05 Å². The van der Waals surface area contributed by atoms with Crippen LogP contribution < -0.4 is 10.6 Å². The Kier molecular flexibility index (Phi) is 13.1. The molecule has 3 rings (SSSR count). The lowest BCUT2D eigenvalue weighted by Crippen LogP contribution is -2.52. The van der Waals surface area contributed by atoms with Gasteiger partial charge in [-0.1, -0.05) is 38.5 Å². The van der Waals surface area contributed by atoms with Gasteiger partial charge in [-0.3, -0.25) is 14.7 Å². The van der Waals surface area contributed by atoms with Gasteiger partial charge in [0.15, 0.2) is 5.96 Å². The molecule has 180 valence electrons. The average molecular weight is 550 g/mol. The summed E-state index contributed by atoms with van der Waals surface area (Å²) in [5.74, 6) is 1.55. The summed E-state index contributed by atoms with van der Waals surface area (Å²) in [6, 6.07) is 0. The first-order valence-electron chi connectivity index (χ1n) is 12.3. The predicted molar refractivity (Wildman–Crippen MR) is 137 cm³/mol. The molecule has 0 aromatic rings. The first-order valence-corrected chi connectivity index (χ1v) is 12.3. The van der Waals surface area contributed by atoms with Crippen molar-refractivity contribution in [2.75, 3.05) is 59.5 Å². The third-order valence-electron chi connectivity index (χ3n) is 6.88. The Balaban J connectivity index is 0.00000341. The lowest BCUT2D eigenvalue weighted by Gasteiger charge is -2.36. The molecule has 1 aliphatic heterocycles. The van der Waals surface area contributed by atoms with Crippen molar-refractivity contribution in [3.8, 4) is 0 Å². The number of hydrogen-bond donors (Lipinski definition) is 2. The number of aliphatic imine (C=N–C) groups is 1. The predicted octanol–water partition coefficient (Wildman–Crippen LogP) is 2.84. The molecule has 0 bridgehead atoms. The van der Waals surface area contributed by atoms with Crippen LogP contribution in [0.15, 0.2) is 4.99 Å². The number of amides is 1. The molecule has 0 unspecified atom stereocenters. The van der Waals surface area contributed by atoms with Gasteiger partial charge in [0, 0.05) is 58.8 Å². The van der Waals surface area contributed by atoms with E-state index in [9.17, 15) is 4.79 Å². The quantitative estimate of drug-likeness (QED) is 0.160. The third-order valence-corrected chi connectivity index (χ3v) is 6.88. The number of hydrogen-bond acceptors (Lipinski definition) is 4. The number of piperazine rings is 1. The molecule has 0 radical (unpaired) electrons. The van der Waals surface area contributed by atoms with Crippen molar-refractivity contribution in [2.24, 2.45) is 10.9 Å². The number of halogens is 1. The van der Waals surface area contributed by atoms with E-state index in [2.05, 4.69) is 25.4 Å². The van der Waals surface area contributed by atoms with Crippen molar-refractivity contribution in [2.45, 2.75) is 70.3 Å². The molecular weight excluding hydrogens is 505 g/mol. The Labute approximate surface area is 206 Å². The summed E-state index contributed by atoms with van der Waals surface area (Å²) in [5, 5.41) is 6.76. The minimum atomic E-state index is 0. The Morgan fingerprint density at radius 2 is 1.52 bits per heavy atom. The summed E-state index contributed by atoms with van der Waals surface area (Å²) >= 11 is 0. The maximum absolute atomic E-state index is 12.6. The van der Waals surface area contributed by atoms with E-state index in [0.29, 0.717) is 17.9 Å². The van der Waals surface area contributed by atoms with Crippen molar-refractivity contribution in [1.82, 2.24) is 20.4 Å². The monoisotopic (exact) mass is 549 g/mol. The maximum atomic E-state index is 12.6. The largest absolute Gasteiger partial charge is 0.376 e. The van der Waals surface area contributed by atoms with Gasteiger partial charge < -0.3 is 20.3 Å². The molecule has 3 fully saturated rings. The molecule has 7 nitrogen and oxygen atoms in total. The zero-order valence-electron chi connectivity index (χ0n) is 19.4. The Morgan fingerprint density at radius 3 is 2.16 bits per heavy atom. The van der Waals surface area contributed by atoms with Gasteiger partial charge in [-0.25, -0.2) is 0 Å². The van der Waals surface area contributed by atoms with Crippen LogP contribution in [0.1, 0.15) is 64.2 Å². The van der Waals surface area contributed by atoms with E-state index in [1.54, 1.807) is 0 Å². The normalized spacial score (nSPS) is 22.1. The van der Waals surface area contributed by atoms with Gasteiger partial charge >= 0.3 is 0 Å². The van der Waals surface area contributed by atoms with Gasteiger partial charge in [-0.05, 0) is 25.7 Å². The zero-order chi connectivity index (χ0) is 21.0. The second kappa shape index (κ2) is 15.3. The summed E-state index contributed by atoms with van der Waals surface area (Å²) < 4.78 is 6.04. The van der Waals surface area contributed by atoms with E-state index in [-0.39, 0.29) is 24.0 Å². The highest BCUT2D eigenvalue weighted by molar-refractivity contribution is 14.0. The van der Waals surface area contributed by atoms with Crippen molar-refractivity contribution in [1.29, 1.82) is 0 Å². The van der Waals surface area contributed by atoms with Gasteiger partial charge in [-0.2, -0.15) is 0 Å². The first kappa shape index (κ1) is 26.6. The van der Waals surface area contributed by atoms with Crippen LogP contribution in [0.2, 0.25) is 0 Å². The number of carbonyl (C=O) groups excluding carboxylic acids is 1. The van der Waals surface area contributed by atoms with Crippen molar-refractivity contribution in [3.05, 3.63) is 0 Å². The molecule has 1 heterocycles. The molecule has 0 aromatic heterocycles. The number of guanidine groups is 1. The Morgan fingerprint density at radius 1 is 0.903 bits per heavy atom. The highest BCUT2D eigenvalue weighted by atomic mass is 127. The standard InChI is InChI=1S/C23H43N5O2.HI/c1-24-23(26-13-19-30-21-10-4-2-3-5-11-21)25-12-14-27-15-17-28(18-16-27)22(29)20-8-6-7-9-20;/h20-21H,2-19H2,1H3,(H2,24,25,26);1H. The fourth-order valence-corrected chi connectivity index (χ4v) is 4.98. The van der Waals surface area contributed by atoms with Crippen molar-refractivity contribution < 1.29 is 9.53 Å². The van der Waals surface area contributed by atoms with Crippen LogP contribution in [0.4, 0.5) is 0 Å². The minimum absolute atomic E-state index is 0. The lowest BCUT2D eigenvalue weighted by molar-refractivity contribution is -0.137. The highest BCUT2D eigenvalue weighted by Gasteiger charge is 2.29. The van der Waals surface area contributed by atoms with E-state index in [0.717, 1.165) is 71.2 Å². The summed E-state index contributed by atoms with van der Waals surface area (Å²) in [6.07, 6.45) is 12.9. The number of nitrogens with one attached hydrogen (secondary N) is 2. The smallest absolute Gasteiger partial charge is 0.225 e. The van der Waals surface area contributed by atoms with E-state index in [4.69, 9.17) is 4.74 Å². The molecular formula is C23H44IN5O2. The molecule has 8 heteroatoms. The zero-order valence-corrected chi connectivity index (χ0v) is 21.8. The molecule has 2 saturated carbocycles. The summed E-state index contributed by atoms with van der Waals surface area (Å²) in [5.41, 5.74) is 0. The second-order valence-electron chi connectivity index (χ2n) is 9.06.